The van der Waals surface area contributed by atoms with Crippen LogP contribution in [0, 0.1) is 22.7 Å². The van der Waals surface area contributed by atoms with Gasteiger partial charge in [-0.25, -0.2) is 0 Å². The van der Waals surface area contributed by atoms with Gasteiger partial charge in [0.05, 0.1) is 11.6 Å². The topological polar surface area (TPSA) is 80.2 Å². The van der Waals surface area contributed by atoms with E-state index in [1.54, 1.807) is 24.3 Å². The second-order valence-electron chi connectivity index (χ2n) is 2.25. The molecule has 0 aliphatic carbocycles. The Balaban J connectivity index is 3.19. The highest BCUT2D eigenvalue weighted by Crippen LogP contribution is 2.05. The molecule has 0 aromatic heterocycles. The summed E-state index contributed by atoms with van der Waals surface area (Å²) < 4.78 is 0. The van der Waals surface area contributed by atoms with Crippen LogP contribution in [0.4, 0.5) is 0 Å². The van der Waals surface area contributed by atoms with E-state index in [-0.39, 0.29) is 5.71 Å². The molecule has 0 unspecified atom stereocenters. The second kappa shape index (κ2) is 3.89. The van der Waals surface area contributed by atoms with E-state index in [9.17, 15) is 0 Å². The molecule has 1 aromatic rings. The summed E-state index contributed by atoms with van der Waals surface area (Å²) in [7, 11) is 0. The lowest BCUT2D eigenvalue weighted by Crippen LogP contribution is -1.96. The van der Waals surface area contributed by atoms with E-state index in [1.807, 2.05) is 6.07 Å². The van der Waals surface area contributed by atoms with E-state index in [1.165, 1.54) is 6.07 Å². The number of nitrogens with zero attached hydrogens (tertiary/aromatic N) is 3. The third kappa shape index (κ3) is 1.82. The molecule has 0 aliphatic heterocycles. The highest BCUT2D eigenvalue weighted by atomic mass is 16.4. The summed E-state index contributed by atoms with van der Waals surface area (Å²) in [4.78, 5) is 0. The van der Waals surface area contributed by atoms with Crippen LogP contribution in [0.5, 0.6) is 0 Å². The molecular weight excluding hydrogens is 166 g/mol. The van der Waals surface area contributed by atoms with Crippen molar-refractivity contribution in [1.29, 1.82) is 10.5 Å². The van der Waals surface area contributed by atoms with E-state index in [0.29, 0.717) is 11.1 Å². The van der Waals surface area contributed by atoms with Crippen molar-refractivity contribution in [2.75, 3.05) is 0 Å². The fourth-order valence-electron chi connectivity index (χ4n) is 0.881. The molecule has 4 nitrogen and oxygen atoms in total. The Morgan fingerprint density at radius 1 is 1.38 bits per heavy atom. The van der Waals surface area contributed by atoms with Gasteiger partial charge in [0.1, 0.15) is 6.07 Å². The van der Waals surface area contributed by atoms with Crippen molar-refractivity contribution in [2.45, 2.75) is 0 Å². The van der Waals surface area contributed by atoms with Gasteiger partial charge in [-0.05, 0) is 12.1 Å². The zero-order valence-electron chi connectivity index (χ0n) is 6.60. The Bertz CT molecular complexity index is 423. The first kappa shape index (κ1) is 8.76. The van der Waals surface area contributed by atoms with Gasteiger partial charge in [-0.2, -0.15) is 10.5 Å². The van der Waals surface area contributed by atoms with Crippen molar-refractivity contribution in [1.82, 2.24) is 0 Å². The van der Waals surface area contributed by atoms with Gasteiger partial charge >= 0.3 is 0 Å². The number of hydrogen-bond acceptors (Lipinski definition) is 4. The van der Waals surface area contributed by atoms with Crippen LogP contribution in [0.2, 0.25) is 0 Å². The molecule has 0 saturated carbocycles. The van der Waals surface area contributed by atoms with Crippen LogP contribution >= 0.6 is 0 Å². The standard InChI is InChI=1S/C9H5N3O/c10-5-7-2-1-3-8(4-7)9(6-11)12-13/h1-4,13H/b12-9+. The molecule has 1 rings (SSSR count). The van der Waals surface area contributed by atoms with Crippen LogP contribution in [0.25, 0.3) is 0 Å². The lowest BCUT2D eigenvalue weighted by molar-refractivity contribution is 0.320. The minimum absolute atomic E-state index is 0.0999. The molecule has 0 fully saturated rings. The normalized spacial score (nSPS) is 10.2. The SMILES string of the molecule is N#C/C(=N\O)c1cccc(C#N)c1. The van der Waals surface area contributed by atoms with E-state index >= 15 is 0 Å². The summed E-state index contributed by atoms with van der Waals surface area (Å²) in [6.07, 6.45) is 0. The highest BCUT2D eigenvalue weighted by molar-refractivity contribution is 6.11. The minimum Gasteiger partial charge on any atom is -0.410 e. The molecule has 0 saturated heterocycles. The van der Waals surface area contributed by atoms with Crippen molar-refractivity contribution >= 4 is 5.71 Å². The monoisotopic (exact) mass is 171 g/mol. The van der Waals surface area contributed by atoms with E-state index < -0.39 is 0 Å². The maximum atomic E-state index is 8.55. The van der Waals surface area contributed by atoms with Crippen LogP contribution in [-0.4, -0.2) is 10.9 Å². The summed E-state index contributed by atoms with van der Waals surface area (Å²) in [6, 6.07) is 9.94. The van der Waals surface area contributed by atoms with E-state index in [2.05, 4.69) is 5.16 Å². The fraction of sp³-hybridized carbons (Fsp3) is 0. The van der Waals surface area contributed by atoms with Gasteiger partial charge in [-0.1, -0.05) is 17.3 Å². The predicted octanol–water partition coefficient (Wildman–Crippen LogP) is 1.26. The molecule has 0 atom stereocenters. The van der Waals surface area contributed by atoms with Gasteiger partial charge in [-0.3, -0.25) is 0 Å². The van der Waals surface area contributed by atoms with Gasteiger partial charge in [0.25, 0.3) is 0 Å². The highest BCUT2D eigenvalue weighted by Gasteiger charge is 2.02. The Labute approximate surface area is 75.0 Å². The largest absolute Gasteiger partial charge is 0.410 e. The van der Waals surface area contributed by atoms with Crippen molar-refractivity contribution in [3.05, 3.63) is 35.4 Å². The molecule has 0 heterocycles. The van der Waals surface area contributed by atoms with Crippen molar-refractivity contribution in [3.63, 3.8) is 0 Å². The van der Waals surface area contributed by atoms with Gasteiger partial charge in [-0.15, -0.1) is 0 Å². The smallest absolute Gasteiger partial charge is 0.186 e. The lowest BCUT2D eigenvalue weighted by Gasteiger charge is -1.94. The van der Waals surface area contributed by atoms with Gasteiger partial charge < -0.3 is 5.21 Å². The summed E-state index contributed by atoms with van der Waals surface area (Å²) >= 11 is 0. The second-order valence-corrected chi connectivity index (χ2v) is 2.25. The first-order chi connectivity index (χ1) is 6.31. The fourth-order valence-corrected chi connectivity index (χ4v) is 0.881. The van der Waals surface area contributed by atoms with Crippen LogP contribution in [0.15, 0.2) is 29.4 Å². The van der Waals surface area contributed by atoms with Crippen LogP contribution in [0.1, 0.15) is 11.1 Å². The van der Waals surface area contributed by atoms with Crippen LogP contribution < -0.4 is 0 Å². The van der Waals surface area contributed by atoms with E-state index in [4.69, 9.17) is 15.7 Å². The number of rotatable bonds is 1. The molecule has 1 aromatic carbocycles. The number of hydrogen-bond donors (Lipinski definition) is 1. The molecule has 0 bridgehead atoms. The zero-order chi connectivity index (χ0) is 9.68. The van der Waals surface area contributed by atoms with Crippen molar-refractivity contribution in [2.24, 2.45) is 5.16 Å². The predicted molar refractivity (Wildman–Crippen MR) is 45.1 cm³/mol. The van der Waals surface area contributed by atoms with Crippen LogP contribution in [-0.2, 0) is 0 Å². The van der Waals surface area contributed by atoms with E-state index in [0.717, 1.165) is 0 Å². The lowest BCUT2D eigenvalue weighted by atomic mass is 10.1. The Morgan fingerprint density at radius 2 is 2.15 bits per heavy atom. The third-order valence-corrected chi connectivity index (χ3v) is 1.47. The summed E-state index contributed by atoms with van der Waals surface area (Å²) in [6.45, 7) is 0. The first-order valence-corrected chi connectivity index (χ1v) is 3.44. The molecule has 0 amide bonds. The minimum atomic E-state index is -0.0999. The Hall–Kier alpha value is -2.33. The van der Waals surface area contributed by atoms with Gasteiger partial charge in [0.15, 0.2) is 5.71 Å². The van der Waals surface area contributed by atoms with Crippen molar-refractivity contribution < 1.29 is 5.21 Å². The average molecular weight is 171 g/mol. The molecule has 4 heteroatoms. The zero-order valence-corrected chi connectivity index (χ0v) is 6.60. The third-order valence-electron chi connectivity index (χ3n) is 1.47. The summed E-state index contributed by atoms with van der Waals surface area (Å²) in [5, 5.41) is 28.3. The molecule has 62 valence electrons. The maximum absolute atomic E-state index is 8.55. The Kier molecular flexibility index (Phi) is 2.62. The Morgan fingerprint density at radius 3 is 2.69 bits per heavy atom. The molecular formula is C9H5N3O. The summed E-state index contributed by atoms with van der Waals surface area (Å²) in [5.41, 5.74) is 0.759. The van der Waals surface area contributed by atoms with Gasteiger partial charge in [0.2, 0.25) is 0 Å². The number of nitriles is 2. The van der Waals surface area contributed by atoms with Crippen LogP contribution in [0.3, 0.4) is 0 Å². The first-order valence-electron chi connectivity index (χ1n) is 3.44. The number of benzene rings is 1. The van der Waals surface area contributed by atoms with Crippen molar-refractivity contribution in [3.8, 4) is 12.1 Å². The molecule has 0 aliphatic rings. The molecule has 13 heavy (non-hydrogen) atoms. The summed E-state index contributed by atoms with van der Waals surface area (Å²) in [5.74, 6) is 0. The molecule has 0 radical (unpaired) electrons. The average Bonchev–Trinajstić information content (AvgIpc) is 2.20. The molecule has 1 N–H and O–H groups in total. The maximum Gasteiger partial charge on any atom is 0.186 e. The molecule has 0 spiro atoms. The number of oxime groups is 1. The quantitative estimate of drug-likeness (QED) is 0.392. The van der Waals surface area contributed by atoms with Gasteiger partial charge in [0, 0.05) is 5.56 Å².